The Kier molecular flexibility index (Phi) is 3.43. The largest absolute Gasteiger partial charge is 0.391 e. The molecule has 1 heterocycles. The maximum absolute atomic E-state index is 9.42. The van der Waals surface area contributed by atoms with E-state index >= 15 is 0 Å². The Morgan fingerprint density at radius 3 is 2.92 bits per heavy atom. The van der Waals surface area contributed by atoms with Gasteiger partial charge < -0.3 is 10.4 Å². The summed E-state index contributed by atoms with van der Waals surface area (Å²) < 4.78 is 3.83. The van der Waals surface area contributed by atoms with Gasteiger partial charge in [0.15, 0.2) is 0 Å². The van der Waals surface area contributed by atoms with Crippen LogP contribution < -0.4 is 5.32 Å². The minimum absolute atomic E-state index is 0.269. The Morgan fingerprint density at radius 1 is 1.67 bits per heavy atom. The molecule has 0 radical (unpaired) electrons. The summed E-state index contributed by atoms with van der Waals surface area (Å²) >= 11 is 1.29. The van der Waals surface area contributed by atoms with Crippen molar-refractivity contribution < 1.29 is 5.11 Å². The minimum Gasteiger partial charge on any atom is -0.391 e. The second kappa shape index (κ2) is 4.37. The van der Waals surface area contributed by atoms with Crippen molar-refractivity contribution in [2.75, 3.05) is 11.9 Å². The van der Waals surface area contributed by atoms with Crippen molar-refractivity contribution in [2.45, 2.75) is 20.0 Å². The minimum atomic E-state index is -0.325. The second-order valence-corrected chi connectivity index (χ2v) is 3.72. The van der Waals surface area contributed by atoms with Crippen molar-refractivity contribution in [1.82, 2.24) is 9.36 Å². The number of aromatic nitrogens is 2. The summed E-state index contributed by atoms with van der Waals surface area (Å²) in [5.41, 5.74) is 0. The van der Waals surface area contributed by atoms with Gasteiger partial charge >= 0.3 is 0 Å². The number of aliphatic hydroxyl groups excluding tert-OH is 1. The van der Waals surface area contributed by atoms with Gasteiger partial charge in [0, 0.05) is 18.1 Å². The lowest BCUT2D eigenvalue weighted by atomic mass is 10.1. The van der Waals surface area contributed by atoms with Crippen LogP contribution >= 0.6 is 11.5 Å². The van der Waals surface area contributed by atoms with Crippen molar-refractivity contribution in [1.29, 1.82) is 0 Å². The van der Waals surface area contributed by atoms with E-state index in [2.05, 4.69) is 14.7 Å². The molecule has 1 rings (SSSR count). The molecule has 0 aromatic carbocycles. The SMILES string of the molecule is CC(C)C(O)CNc1ncns1. The molecule has 12 heavy (non-hydrogen) atoms. The zero-order valence-corrected chi connectivity index (χ0v) is 8.01. The highest BCUT2D eigenvalue weighted by Crippen LogP contribution is 2.08. The van der Waals surface area contributed by atoms with E-state index in [0.717, 1.165) is 5.13 Å². The van der Waals surface area contributed by atoms with E-state index < -0.39 is 0 Å². The van der Waals surface area contributed by atoms with E-state index in [0.29, 0.717) is 6.54 Å². The lowest BCUT2D eigenvalue weighted by Crippen LogP contribution is -2.24. The molecule has 0 saturated heterocycles. The Morgan fingerprint density at radius 2 is 2.42 bits per heavy atom. The van der Waals surface area contributed by atoms with Crippen LogP contribution in [0, 0.1) is 5.92 Å². The molecule has 68 valence electrons. The molecular formula is C7H13N3OS. The number of nitrogens with one attached hydrogen (secondary N) is 1. The fourth-order valence-corrected chi connectivity index (χ4v) is 1.11. The highest BCUT2D eigenvalue weighted by atomic mass is 32.1. The van der Waals surface area contributed by atoms with Gasteiger partial charge in [-0.2, -0.15) is 4.37 Å². The van der Waals surface area contributed by atoms with Gasteiger partial charge in [-0.05, 0) is 5.92 Å². The summed E-state index contributed by atoms with van der Waals surface area (Å²) in [6, 6.07) is 0. The maximum Gasteiger partial charge on any atom is 0.202 e. The third kappa shape index (κ3) is 2.75. The highest BCUT2D eigenvalue weighted by Gasteiger charge is 2.08. The van der Waals surface area contributed by atoms with Gasteiger partial charge in [0.1, 0.15) is 6.33 Å². The third-order valence-corrected chi connectivity index (χ3v) is 2.22. The monoisotopic (exact) mass is 187 g/mol. The van der Waals surface area contributed by atoms with E-state index in [9.17, 15) is 5.11 Å². The molecule has 0 fully saturated rings. The van der Waals surface area contributed by atoms with E-state index in [1.165, 1.54) is 17.9 Å². The summed E-state index contributed by atoms with van der Waals surface area (Å²) in [5.74, 6) is 0.269. The zero-order valence-electron chi connectivity index (χ0n) is 7.19. The summed E-state index contributed by atoms with van der Waals surface area (Å²) in [7, 11) is 0. The Labute approximate surface area is 75.8 Å². The molecule has 5 heteroatoms. The smallest absolute Gasteiger partial charge is 0.202 e. The van der Waals surface area contributed by atoms with E-state index in [4.69, 9.17) is 0 Å². The van der Waals surface area contributed by atoms with Crippen molar-refractivity contribution in [3.8, 4) is 0 Å². The molecular weight excluding hydrogens is 174 g/mol. The average Bonchev–Trinajstić information content (AvgIpc) is 2.51. The van der Waals surface area contributed by atoms with Crippen molar-refractivity contribution in [2.24, 2.45) is 5.92 Å². The predicted octanol–water partition coefficient (Wildman–Crippen LogP) is 0.967. The van der Waals surface area contributed by atoms with Crippen molar-refractivity contribution in [3.05, 3.63) is 6.33 Å². The summed E-state index contributed by atoms with van der Waals surface area (Å²) in [5, 5.41) is 13.2. The molecule has 1 aromatic heterocycles. The molecule has 0 bridgehead atoms. The molecule has 0 saturated carbocycles. The van der Waals surface area contributed by atoms with Crippen LogP contribution in [0.4, 0.5) is 5.13 Å². The average molecular weight is 187 g/mol. The van der Waals surface area contributed by atoms with Gasteiger partial charge in [-0.3, -0.25) is 0 Å². The summed E-state index contributed by atoms with van der Waals surface area (Å²) in [6.07, 6.45) is 1.17. The fraction of sp³-hybridized carbons (Fsp3) is 0.714. The number of anilines is 1. The van der Waals surface area contributed by atoms with Crippen molar-refractivity contribution in [3.63, 3.8) is 0 Å². The van der Waals surface area contributed by atoms with Gasteiger partial charge in [-0.15, -0.1) is 0 Å². The van der Waals surface area contributed by atoms with Gasteiger partial charge in [0.05, 0.1) is 6.10 Å². The van der Waals surface area contributed by atoms with Crippen LogP contribution in [0.1, 0.15) is 13.8 Å². The maximum atomic E-state index is 9.42. The van der Waals surface area contributed by atoms with Crippen LogP contribution in [-0.2, 0) is 0 Å². The summed E-state index contributed by atoms with van der Waals surface area (Å²) in [4.78, 5) is 3.93. The van der Waals surface area contributed by atoms with Gasteiger partial charge in [0.2, 0.25) is 5.13 Å². The zero-order chi connectivity index (χ0) is 8.97. The molecule has 2 N–H and O–H groups in total. The number of aliphatic hydroxyl groups is 1. The van der Waals surface area contributed by atoms with Crippen LogP contribution in [-0.4, -0.2) is 27.1 Å². The van der Waals surface area contributed by atoms with E-state index in [1.54, 1.807) is 0 Å². The van der Waals surface area contributed by atoms with Gasteiger partial charge in [-0.25, -0.2) is 4.98 Å². The molecule has 0 aliphatic heterocycles. The third-order valence-electron chi connectivity index (χ3n) is 1.59. The molecule has 0 amide bonds. The number of hydrogen-bond donors (Lipinski definition) is 2. The number of nitrogens with zero attached hydrogens (tertiary/aromatic N) is 2. The van der Waals surface area contributed by atoms with Crippen LogP contribution in [0.5, 0.6) is 0 Å². The van der Waals surface area contributed by atoms with Gasteiger partial charge in [0.25, 0.3) is 0 Å². The van der Waals surface area contributed by atoms with E-state index in [1.807, 2.05) is 13.8 Å². The van der Waals surface area contributed by atoms with Crippen LogP contribution in [0.15, 0.2) is 6.33 Å². The molecule has 0 aliphatic carbocycles. The van der Waals surface area contributed by atoms with E-state index in [-0.39, 0.29) is 12.0 Å². The molecule has 1 aromatic rings. The lowest BCUT2D eigenvalue weighted by Gasteiger charge is -2.13. The summed E-state index contributed by atoms with van der Waals surface area (Å²) in [6.45, 7) is 4.49. The normalized spacial score (nSPS) is 13.3. The quantitative estimate of drug-likeness (QED) is 0.737. The molecule has 0 aliphatic rings. The molecule has 1 atom stereocenters. The molecule has 0 spiro atoms. The highest BCUT2D eigenvalue weighted by molar-refractivity contribution is 7.09. The standard InChI is InChI=1S/C7H13N3OS/c1-5(2)6(11)3-8-7-9-4-10-12-7/h4-6,11H,3H2,1-2H3,(H,8,9,10). The Bertz CT molecular complexity index is 212. The Hall–Kier alpha value is -0.680. The predicted molar refractivity (Wildman–Crippen MR) is 49.2 cm³/mol. The molecule has 1 unspecified atom stereocenters. The molecule has 4 nitrogen and oxygen atoms in total. The van der Waals surface area contributed by atoms with Crippen LogP contribution in [0.3, 0.4) is 0 Å². The second-order valence-electron chi connectivity index (χ2n) is 2.94. The topological polar surface area (TPSA) is 58.0 Å². The first kappa shape index (κ1) is 9.41. The van der Waals surface area contributed by atoms with Gasteiger partial charge in [-0.1, -0.05) is 13.8 Å². The fourth-order valence-electron chi connectivity index (χ4n) is 0.679. The first-order chi connectivity index (χ1) is 5.70. The first-order valence-electron chi connectivity index (χ1n) is 3.88. The first-order valence-corrected chi connectivity index (χ1v) is 4.66. The number of rotatable bonds is 4. The van der Waals surface area contributed by atoms with Crippen molar-refractivity contribution >= 4 is 16.7 Å². The number of hydrogen-bond acceptors (Lipinski definition) is 5. The lowest BCUT2D eigenvalue weighted by molar-refractivity contribution is 0.138. The Balaban J connectivity index is 2.27. The van der Waals surface area contributed by atoms with Crippen LogP contribution in [0.2, 0.25) is 0 Å². The van der Waals surface area contributed by atoms with Crippen LogP contribution in [0.25, 0.3) is 0 Å².